The summed E-state index contributed by atoms with van der Waals surface area (Å²) in [6.45, 7) is 9.47. The third-order valence-corrected chi connectivity index (χ3v) is 2.81. The standard InChI is InChI=1S/C13H31N3O/c1-12(2)9-14-10-13(11-17-6)16(5)8-7-15(3)4/h12-14H,7-11H2,1-6H3. The van der Waals surface area contributed by atoms with Crippen LogP contribution in [-0.4, -0.2) is 76.9 Å². The largest absolute Gasteiger partial charge is 0.383 e. The van der Waals surface area contributed by atoms with Crippen LogP contribution in [0.15, 0.2) is 0 Å². The van der Waals surface area contributed by atoms with Gasteiger partial charge in [0.15, 0.2) is 0 Å². The van der Waals surface area contributed by atoms with Crippen LogP contribution in [0.1, 0.15) is 13.8 Å². The number of ether oxygens (including phenoxy) is 1. The maximum absolute atomic E-state index is 5.29. The lowest BCUT2D eigenvalue weighted by Gasteiger charge is -2.29. The predicted molar refractivity (Wildman–Crippen MR) is 74.6 cm³/mol. The van der Waals surface area contributed by atoms with Gasteiger partial charge in [0, 0.05) is 32.8 Å². The van der Waals surface area contributed by atoms with Crippen molar-refractivity contribution in [3.8, 4) is 0 Å². The molecular weight excluding hydrogens is 214 g/mol. The monoisotopic (exact) mass is 245 g/mol. The van der Waals surface area contributed by atoms with Gasteiger partial charge in [-0.1, -0.05) is 13.8 Å². The first-order chi connectivity index (χ1) is 7.97. The summed E-state index contributed by atoms with van der Waals surface area (Å²) in [5.74, 6) is 0.699. The van der Waals surface area contributed by atoms with Gasteiger partial charge in [-0.25, -0.2) is 0 Å². The van der Waals surface area contributed by atoms with Crippen molar-refractivity contribution in [2.75, 3.05) is 61.0 Å². The molecule has 0 rings (SSSR count). The molecule has 0 aliphatic rings. The fourth-order valence-electron chi connectivity index (χ4n) is 1.61. The van der Waals surface area contributed by atoms with E-state index in [1.807, 2.05) is 0 Å². The van der Waals surface area contributed by atoms with Gasteiger partial charge in [-0.05, 0) is 33.6 Å². The second kappa shape index (κ2) is 9.83. The van der Waals surface area contributed by atoms with Gasteiger partial charge in [0.25, 0.3) is 0 Å². The van der Waals surface area contributed by atoms with Crippen molar-refractivity contribution < 1.29 is 4.74 Å². The van der Waals surface area contributed by atoms with Crippen LogP contribution in [0.25, 0.3) is 0 Å². The number of nitrogens with one attached hydrogen (secondary N) is 1. The highest BCUT2D eigenvalue weighted by Gasteiger charge is 2.14. The predicted octanol–water partition coefficient (Wildman–Crippen LogP) is 0.740. The van der Waals surface area contributed by atoms with Gasteiger partial charge in [0.2, 0.25) is 0 Å². The van der Waals surface area contributed by atoms with Crippen molar-refractivity contribution in [1.29, 1.82) is 0 Å². The second-order valence-electron chi connectivity index (χ2n) is 5.45. The normalized spacial score (nSPS) is 13.9. The van der Waals surface area contributed by atoms with Gasteiger partial charge in [0.05, 0.1) is 6.61 Å². The quantitative estimate of drug-likeness (QED) is 0.614. The smallest absolute Gasteiger partial charge is 0.0630 e. The summed E-state index contributed by atoms with van der Waals surface area (Å²) < 4.78 is 5.29. The average molecular weight is 245 g/mol. The van der Waals surface area contributed by atoms with E-state index in [2.05, 4.69) is 50.1 Å². The van der Waals surface area contributed by atoms with Crippen LogP contribution < -0.4 is 5.32 Å². The molecule has 0 spiro atoms. The topological polar surface area (TPSA) is 27.7 Å². The summed E-state index contributed by atoms with van der Waals surface area (Å²) in [5, 5.41) is 3.50. The van der Waals surface area contributed by atoms with E-state index in [9.17, 15) is 0 Å². The minimum atomic E-state index is 0.457. The molecule has 0 saturated carbocycles. The lowest BCUT2D eigenvalue weighted by Crippen LogP contribution is -2.45. The van der Waals surface area contributed by atoms with Gasteiger partial charge in [-0.15, -0.1) is 0 Å². The van der Waals surface area contributed by atoms with E-state index >= 15 is 0 Å². The third kappa shape index (κ3) is 9.53. The lowest BCUT2D eigenvalue weighted by molar-refractivity contribution is 0.101. The Labute approximate surface area is 107 Å². The highest BCUT2D eigenvalue weighted by molar-refractivity contribution is 4.72. The maximum atomic E-state index is 5.29. The molecule has 1 atom stereocenters. The minimum absolute atomic E-state index is 0.457. The number of methoxy groups -OCH3 is 1. The van der Waals surface area contributed by atoms with Gasteiger partial charge >= 0.3 is 0 Å². The fourth-order valence-corrected chi connectivity index (χ4v) is 1.61. The Morgan fingerprint density at radius 3 is 2.18 bits per heavy atom. The minimum Gasteiger partial charge on any atom is -0.383 e. The van der Waals surface area contributed by atoms with Crippen molar-refractivity contribution in [3.63, 3.8) is 0 Å². The van der Waals surface area contributed by atoms with Crippen LogP contribution in [0, 0.1) is 5.92 Å². The summed E-state index contributed by atoms with van der Waals surface area (Å²) in [7, 11) is 8.16. The Morgan fingerprint density at radius 1 is 1.06 bits per heavy atom. The fraction of sp³-hybridized carbons (Fsp3) is 1.00. The van der Waals surface area contributed by atoms with Crippen LogP contribution in [0.2, 0.25) is 0 Å². The van der Waals surface area contributed by atoms with Crippen molar-refractivity contribution in [3.05, 3.63) is 0 Å². The molecule has 17 heavy (non-hydrogen) atoms. The zero-order chi connectivity index (χ0) is 13.3. The molecule has 1 N–H and O–H groups in total. The molecule has 0 heterocycles. The molecule has 0 bridgehead atoms. The molecule has 0 fully saturated rings. The van der Waals surface area contributed by atoms with E-state index in [1.54, 1.807) is 7.11 Å². The molecule has 0 aromatic heterocycles. The zero-order valence-corrected chi connectivity index (χ0v) is 12.5. The van der Waals surface area contributed by atoms with Crippen LogP contribution >= 0.6 is 0 Å². The number of nitrogens with zero attached hydrogens (tertiary/aromatic N) is 2. The molecule has 0 radical (unpaired) electrons. The van der Waals surface area contributed by atoms with E-state index < -0.39 is 0 Å². The number of rotatable bonds is 10. The summed E-state index contributed by atoms with van der Waals surface area (Å²) >= 11 is 0. The van der Waals surface area contributed by atoms with E-state index in [0.29, 0.717) is 12.0 Å². The molecule has 0 aliphatic carbocycles. The van der Waals surface area contributed by atoms with Crippen molar-refractivity contribution in [2.45, 2.75) is 19.9 Å². The van der Waals surface area contributed by atoms with Gasteiger partial charge in [-0.3, -0.25) is 4.90 Å². The van der Waals surface area contributed by atoms with Crippen molar-refractivity contribution in [2.24, 2.45) is 5.92 Å². The Balaban J connectivity index is 3.93. The molecule has 0 aliphatic heterocycles. The molecule has 104 valence electrons. The molecular formula is C13H31N3O. The average Bonchev–Trinajstić information content (AvgIpc) is 2.24. The first-order valence-electron chi connectivity index (χ1n) is 6.52. The molecule has 4 nitrogen and oxygen atoms in total. The molecule has 0 aromatic carbocycles. The first-order valence-corrected chi connectivity index (χ1v) is 6.52. The van der Waals surface area contributed by atoms with Crippen LogP contribution in [0.3, 0.4) is 0 Å². The Kier molecular flexibility index (Phi) is 9.74. The summed E-state index contributed by atoms with van der Waals surface area (Å²) in [6, 6.07) is 0.457. The van der Waals surface area contributed by atoms with Crippen LogP contribution in [0.5, 0.6) is 0 Å². The Morgan fingerprint density at radius 2 is 1.71 bits per heavy atom. The first kappa shape index (κ1) is 16.8. The van der Waals surface area contributed by atoms with Gasteiger partial charge in [-0.2, -0.15) is 0 Å². The summed E-state index contributed by atoms with van der Waals surface area (Å²) in [4.78, 5) is 4.58. The highest BCUT2D eigenvalue weighted by Crippen LogP contribution is 1.97. The van der Waals surface area contributed by atoms with Crippen molar-refractivity contribution >= 4 is 0 Å². The molecule has 0 saturated heterocycles. The lowest BCUT2D eigenvalue weighted by atomic mass is 10.2. The van der Waals surface area contributed by atoms with E-state index in [0.717, 1.165) is 32.8 Å². The zero-order valence-electron chi connectivity index (χ0n) is 12.5. The third-order valence-electron chi connectivity index (χ3n) is 2.81. The van der Waals surface area contributed by atoms with E-state index in [1.165, 1.54) is 0 Å². The van der Waals surface area contributed by atoms with E-state index in [-0.39, 0.29) is 0 Å². The number of hydrogen-bond donors (Lipinski definition) is 1. The Bertz CT molecular complexity index is 174. The molecule has 4 heteroatoms. The second-order valence-corrected chi connectivity index (χ2v) is 5.45. The van der Waals surface area contributed by atoms with Crippen molar-refractivity contribution in [1.82, 2.24) is 15.1 Å². The molecule has 0 amide bonds. The molecule has 1 unspecified atom stereocenters. The van der Waals surface area contributed by atoms with E-state index in [4.69, 9.17) is 4.74 Å². The van der Waals surface area contributed by atoms with Crippen LogP contribution in [0.4, 0.5) is 0 Å². The number of likely N-dealkylation sites (N-methyl/N-ethyl adjacent to an activating group) is 2. The maximum Gasteiger partial charge on any atom is 0.0630 e. The van der Waals surface area contributed by atoms with Gasteiger partial charge < -0.3 is 15.0 Å². The molecule has 0 aromatic rings. The Hall–Kier alpha value is -0.160. The van der Waals surface area contributed by atoms with Gasteiger partial charge in [0.1, 0.15) is 0 Å². The summed E-state index contributed by atoms with van der Waals surface area (Å²) in [5.41, 5.74) is 0. The van der Waals surface area contributed by atoms with Crippen LogP contribution in [-0.2, 0) is 4.74 Å². The SMILES string of the molecule is COCC(CNCC(C)C)N(C)CCN(C)C. The highest BCUT2D eigenvalue weighted by atomic mass is 16.5. The number of hydrogen-bond acceptors (Lipinski definition) is 4. The summed E-state index contributed by atoms with van der Waals surface area (Å²) in [6.07, 6.45) is 0.